The van der Waals surface area contributed by atoms with E-state index in [0.717, 1.165) is 0 Å². The van der Waals surface area contributed by atoms with Crippen LogP contribution in [-0.2, 0) is 11.4 Å². The zero-order valence-electron chi connectivity index (χ0n) is 17.7. The van der Waals surface area contributed by atoms with Crippen LogP contribution in [0.25, 0.3) is 6.08 Å². The lowest BCUT2D eigenvalue weighted by molar-refractivity contribution is -0.132. The Bertz CT molecular complexity index is 1180. The van der Waals surface area contributed by atoms with Crippen molar-refractivity contribution in [3.8, 4) is 11.5 Å². The lowest BCUT2D eigenvalue weighted by Crippen LogP contribution is -2.27. The van der Waals surface area contributed by atoms with Crippen LogP contribution in [-0.4, -0.2) is 23.6 Å². The molecule has 0 heterocycles. The number of halogens is 2. The molecule has 0 aliphatic carbocycles. The number of hydrogen-bond acceptors (Lipinski definition) is 4. The normalized spacial score (nSPS) is 11.1. The number of aliphatic carboxylic acids is 1. The van der Waals surface area contributed by atoms with E-state index in [2.05, 4.69) is 5.32 Å². The number of carbonyl (C=O) groups excluding carboxylic acids is 1. The number of hydrogen-bond donors (Lipinski definition) is 2. The SMILES string of the molecule is CCOc1cc(C=C(NC(=O)c2ccccc2)C(=O)O)cc(Cl)c1OCc1ccccc1F. The molecule has 33 heavy (non-hydrogen) atoms. The summed E-state index contributed by atoms with van der Waals surface area (Å²) < 4.78 is 25.2. The van der Waals surface area contributed by atoms with Crippen LogP contribution in [0, 0.1) is 5.82 Å². The van der Waals surface area contributed by atoms with Crippen molar-refractivity contribution in [2.45, 2.75) is 13.5 Å². The Balaban J connectivity index is 1.88. The predicted molar refractivity (Wildman–Crippen MR) is 123 cm³/mol. The van der Waals surface area contributed by atoms with Crippen molar-refractivity contribution >= 4 is 29.6 Å². The minimum atomic E-state index is -1.33. The van der Waals surface area contributed by atoms with Gasteiger partial charge >= 0.3 is 5.97 Å². The fourth-order valence-corrected chi connectivity index (χ4v) is 3.22. The first-order valence-electron chi connectivity index (χ1n) is 10.0. The minimum Gasteiger partial charge on any atom is -0.490 e. The summed E-state index contributed by atoms with van der Waals surface area (Å²) in [4.78, 5) is 24.1. The number of carboxylic acid groups (broad SMARTS) is 1. The highest BCUT2D eigenvalue weighted by Gasteiger charge is 2.17. The summed E-state index contributed by atoms with van der Waals surface area (Å²) >= 11 is 6.38. The van der Waals surface area contributed by atoms with Gasteiger partial charge in [0, 0.05) is 11.1 Å². The van der Waals surface area contributed by atoms with Crippen molar-refractivity contribution in [3.63, 3.8) is 0 Å². The molecule has 3 rings (SSSR count). The molecule has 0 saturated heterocycles. The Morgan fingerprint density at radius 3 is 2.42 bits per heavy atom. The maximum atomic E-state index is 13.9. The van der Waals surface area contributed by atoms with Crippen molar-refractivity contribution in [1.29, 1.82) is 0 Å². The van der Waals surface area contributed by atoms with Crippen LogP contribution in [0.15, 0.2) is 72.4 Å². The Morgan fingerprint density at radius 2 is 1.76 bits per heavy atom. The van der Waals surface area contributed by atoms with E-state index in [0.29, 0.717) is 16.7 Å². The molecule has 8 heteroatoms. The molecular weight excluding hydrogens is 449 g/mol. The molecular formula is C25H21ClFNO5. The minimum absolute atomic E-state index is 0.0742. The van der Waals surface area contributed by atoms with Crippen LogP contribution in [0.4, 0.5) is 4.39 Å². The second-order valence-corrected chi connectivity index (χ2v) is 7.23. The van der Waals surface area contributed by atoms with E-state index in [1.165, 1.54) is 24.3 Å². The zero-order chi connectivity index (χ0) is 23.8. The molecule has 0 aliphatic rings. The van der Waals surface area contributed by atoms with Crippen molar-refractivity contribution in [2.75, 3.05) is 6.61 Å². The first-order valence-corrected chi connectivity index (χ1v) is 10.4. The standard InChI is InChI=1S/C25H21ClFNO5/c1-2-32-22-14-16(12-19(26)23(22)33-15-18-10-6-7-11-20(18)27)13-21(25(30)31)28-24(29)17-8-4-3-5-9-17/h3-14H,2,15H2,1H3,(H,28,29)(H,30,31). The lowest BCUT2D eigenvalue weighted by atomic mass is 10.1. The third-order valence-electron chi connectivity index (χ3n) is 4.49. The number of benzene rings is 3. The topological polar surface area (TPSA) is 84.9 Å². The van der Waals surface area contributed by atoms with Gasteiger partial charge in [0.2, 0.25) is 0 Å². The van der Waals surface area contributed by atoms with Gasteiger partial charge in [-0.3, -0.25) is 4.79 Å². The highest BCUT2D eigenvalue weighted by atomic mass is 35.5. The molecule has 0 saturated carbocycles. The molecule has 0 unspecified atom stereocenters. The number of nitrogens with one attached hydrogen (secondary N) is 1. The molecule has 0 aliphatic heterocycles. The van der Waals surface area contributed by atoms with Crippen LogP contribution in [0.2, 0.25) is 5.02 Å². The van der Waals surface area contributed by atoms with Gasteiger partial charge in [0.1, 0.15) is 18.1 Å². The zero-order valence-corrected chi connectivity index (χ0v) is 18.4. The predicted octanol–water partition coefficient (Wildman–Crippen LogP) is 5.31. The second-order valence-electron chi connectivity index (χ2n) is 6.83. The average molecular weight is 470 g/mol. The Morgan fingerprint density at radius 1 is 1.06 bits per heavy atom. The van der Waals surface area contributed by atoms with E-state index in [9.17, 15) is 19.1 Å². The highest BCUT2D eigenvalue weighted by Crippen LogP contribution is 2.38. The molecule has 0 atom stereocenters. The quantitative estimate of drug-likeness (QED) is 0.415. The molecule has 0 spiro atoms. The molecule has 0 radical (unpaired) electrons. The number of carbonyl (C=O) groups is 2. The van der Waals surface area contributed by atoms with E-state index in [1.807, 2.05) is 0 Å². The Hall–Kier alpha value is -3.84. The largest absolute Gasteiger partial charge is 0.490 e. The van der Waals surface area contributed by atoms with Gasteiger partial charge < -0.3 is 19.9 Å². The fourth-order valence-electron chi connectivity index (χ4n) is 2.94. The molecule has 0 aromatic heterocycles. The molecule has 6 nitrogen and oxygen atoms in total. The van der Waals surface area contributed by atoms with E-state index >= 15 is 0 Å². The van der Waals surface area contributed by atoms with Crippen molar-refractivity contribution in [1.82, 2.24) is 5.32 Å². The van der Waals surface area contributed by atoms with Crippen LogP contribution in [0.3, 0.4) is 0 Å². The highest BCUT2D eigenvalue weighted by molar-refractivity contribution is 6.32. The summed E-state index contributed by atoms with van der Waals surface area (Å²) in [5.41, 5.74) is 0.682. The molecule has 3 aromatic carbocycles. The average Bonchev–Trinajstić information content (AvgIpc) is 2.80. The third-order valence-corrected chi connectivity index (χ3v) is 4.77. The van der Waals surface area contributed by atoms with Gasteiger partial charge in [-0.2, -0.15) is 0 Å². The Labute approximate surface area is 195 Å². The van der Waals surface area contributed by atoms with Crippen LogP contribution < -0.4 is 14.8 Å². The molecule has 3 aromatic rings. The second kappa shape index (κ2) is 11.2. The summed E-state index contributed by atoms with van der Waals surface area (Å²) in [5, 5.41) is 12.1. The van der Waals surface area contributed by atoms with E-state index in [4.69, 9.17) is 21.1 Å². The monoisotopic (exact) mass is 469 g/mol. The van der Waals surface area contributed by atoms with Gasteiger partial charge in [-0.1, -0.05) is 48.0 Å². The summed E-state index contributed by atoms with van der Waals surface area (Å²) in [5.74, 6) is -1.85. The van der Waals surface area contributed by atoms with Crippen LogP contribution in [0.1, 0.15) is 28.4 Å². The number of carboxylic acids is 1. The van der Waals surface area contributed by atoms with E-state index in [-0.39, 0.29) is 35.4 Å². The molecule has 0 bridgehead atoms. The first-order chi connectivity index (χ1) is 15.9. The van der Waals surface area contributed by atoms with Gasteiger partial charge in [-0.25, -0.2) is 9.18 Å². The smallest absolute Gasteiger partial charge is 0.352 e. The molecule has 0 fully saturated rings. The maximum absolute atomic E-state index is 13.9. The Kier molecular flexibility index (Phi) is 8.05. The third kappa shape index (κ3) is 6.33. The van der Waals surface area contributed by atoms with Gasteiger partial charge in [-0.05, 0) is 48.9 Å². The fraction of sp³-hybridized carbons (Fsp3) is 0.120. The molecule has 1 amide bonds. The van der Waals surface area contributed by atoms with Crippen molar-refractivity contribution in [2.24, 2.45) is 0 Å². The summed E-state index contributed by atoms with van der Waals surface area (Å²) in [6.45, 7) is 1.98. The van der Waals surface area contributed by atoms with Crippen molar-refractivity contribution < 1.29 is 28.6 Å². The summed E-state index contributed by atoms with van der Waals surface area (Å²) in [6.07, 6.45) is 1.26. The van der Waals surface area contributed by atoms with Crippen LogP contribution in [0.5, 0.6) is 11.5 Å². The first kappa shape index (κ1) is 23.8. The van der Waals surface area contributed by atoms with Gasteiger partial charge in [-0.15, -0.1) is 0 Å². The van der Waals surface area contributed by atoms with Gasteiger partial charge in [0.15, 0.2) is 11.5 Å². The lowest BCUT2D eigenvalue weighted by Gasteiger charge is -2.15. The number of ether oxygens (including phenoxy) is 2. The summed E-state index contributed by atoms with van der Waals surface area (Å²) in [7, 11) is 0. The van der Waals surface area contributed by atoms with Crippen molar-refractivity contribution in [3.05, 3.63) is 100.0 Å². The number of rotatable bonds is 9. The van der Waals surface area contributed by atoms with Gasteiger partial charge in [0.25, 0.3) is 5.91 Å². The summed E-state index contributed by atoms with van der Waals surface area (Å²) in [6, 6.07) is 17.4. The van der Waals surface area contributed by atoms with Gasteiger partial charge in [0.05, 0.1) is 11.6 Å². The van der Waals surface area contributed by atoms with E-state index < -0.39 is 17.7 Å². The maximum Gasteiger partial charge on any atom is 0.352 e. The van der Waals surface area contributed by atoms with E-state index in [1.54, 1.807) is 55.5 Å². The molecule has 170 valence electrons. The van der Waals surface area contributed by atoms with Crippen LogP contribution >= 0.6 is 11.6 Å². The molecule has 2 N–H and O–H groups in total. The number of amides is 1.